The summed E-state index contributed by atoms with van der Waals surface area (Å²) >= 11 is 2.04. The van der Waals surface area contributed by atoms with E-state index in [0.29, 0.717) is 11.8 Å². The summed E-state index contributed by atoms with van der Waals surface area (Å²) in [5.41, 5.74) is 27.2. The molecule has 3 aliphatic carbocycles. The van der Waals surface area contributed by atoms with Crippen molar-refractivity contribution < 1.29 is 0 Å². The van der Waals surface area contributed by atoms with Gasteiger partial charge in [-0.25, -0.2) is 0 Å². The van der Waals surface area contributed by atoms with Crippen LogP contribution in [0.25, 0.3) is 10.1 Å². The van der Waals surface area contributed by atoms with Crippen molar-refractivity contribution in [2.75, 3.05) is 14.7 Å². The standard InChI is InChI=1S/C78H92BN3S/c1-47(2)49-20-25-52(26-21-49)80(53-27-22-50(23-28-53)48(3)4)56-43-66-69-67(44-56)82(55-30-32-59-61(42-55)76(14,15)37-35-74(59,10)11)70-57-40-51(72(5,6)7)24-33-68(57)83-71(70)79(69)64-45-62-63(78(18,19)39-38-77(62,16)17)46-65(64)81(66)54-29-31-58-60(41-54)75(12,13)36-34-73(58,8)9/h20-33,40-48H,34-39H2,1-19H3. The Hall–Kier alpha value is -6.04. The van der Waals surface area contributed by atoms with E-state index in [4.69, 9.17) is 0 Å². The molecule has 0 spiro atoms. The second-order valence-corrected chi connectivity index (χ2v) is 32.9. The minimum atomic E-state index is -0.0348. The number of benzene rings is 7. The summed E-state index contributed by atoms with van der Waals surface area (Å²) < 4.78 is 2.79. The lowest BCUT2D eigenvalue weighted by Crippen LogP contribution is -2.61. The van der Waals surface area contributed by atoms with Gasteiger partial charge in [0.2, 0.25) is 0 Å². The number of thiophene rings is 1. The first-order valence-electron chi connectivity index (χ1n) is 31.7. The molecule has 2 aliphatic heterocycles. The van der Waals surface area contributed by atoms with E-state index in [9.17, 15) is 0 Å². The molecule has 7 aromatic carbocycles. The van der Waals surface area contributed by atoms with Gasteiger partial charge in [0, 0.05) is 54.7 Å². The molecular weight excluding hydrogens is 1020 g/mol. The van der Waals surface area contributed by atoms with Crippen LogP contribution in [0.1, 0.15) is 232 Å². The average molecular weight is 1110 g/mol. The number of nitrogens with zero attached hydrogens (tertiary/aromatic N) is 3. The maximum atomic E-state index is 2.77. The number of hydrogen-bond acceptors (Lipinski definition) is 4. The van der Waals surface area contributed by atoms with Crippen molar-refractivity contribution in [2.24, 2.45) is 0 Å². The smallest absolute Gasteiger partial charge is 0.264 e. The van der Waals surface area contributed by atoms with E-state index in [1.807, 2.05) is 11.3 Å². The lowest BCUT2D eigenvalue weighted by atomic mass is 9.35. The van der Waals surface area contributed by atoms with Gasteiger partial charge in [-0.15, -0.1) is 11.3 Å². The van der Waals surface area contributed by atoms with E-state index in [2.05, 4.69) is 274 Å². The molecule has 1 aromatic heterocycles. The predicted octanol–water partition coefficient (Wildman–Crippen LogP) is 21.0. The predicted molar refractivity (Wildman–Crippen MR) is 363 cm³/mol. The van der Waals surface area contributed by atoms with Gasteiger partial charge >= 0.3 is 0 Å². The molecule has 13 rings (SSSR count). The van der Waals surface area contributed by atoms with Crippen LogP contribution < -0.4 is 30.4 Å². The van der Waals surface area contributed by atoms with Gasteiger partial charge in [-0.3, -0.25) is 0 Å². The summed E-state index contributed by atoms with van der Waals surface area (Å²) in [6.07, 6.45) is 6.99. The van der Waals surface area contributed by atoms with Crippen LogP contribution in [0.2, 0.25) is 0 Å². The lowest BCUT2D eigenvalue weighted by Gasteiger charge is -2.48. The molecule has 0 saturated carbocycles. The Balaban J connectivity index is 1.21. The fourth-order valence-corrected chi connectivity index (χ4v) is 16.9. The van der Waals surface area contributed by atoms with Crippen molar-refractivity contribution in [3.8, 4) is 0 Å². The van der Waals surface area contributed by atoms with Crippen LogP contribution in [0.3, 0.4) is 0 Å². The molecule has 428 valence electrons. The Labute approximate surface area is 504 Å². The first kappa shape index (κ1) is 56.1. The highest BCUT2D eigenvalue weighted by atomic mass is 32.1. The monoisotopic (exact) mass is 1110 g/mol. The van der Waals surface area contributed by atoms with Crippen LogP contribution >= 0.6 is 11.3 Å². The first-order valence-corrected chi connectivity index (χ1v) is 32.5. The van der Waals surface area contributed by atoms with Gasteiger partial charge in [0.05, 0.1) is 11.4 Å². The summed E-state index contributed by atoms with van der Waals surface area (Å²) in [6.45, 7) is 46.3. The molecule has 0 unspecified atom stereocenters. The first-order chi connectivity index (χ1) is 38.9. The molecule has 0 atom stereocenters. The van der Waals surface area contributed by atoms with Gasteiger partial charge in [0.1, 0.15) is 0 Å². The molecule has 0 N–H and O–H groups in total. The van der Waals surface area contributed by atoms with Gasteiger partial charge in [-0.1, -0.05) is 180 Å². The van der Waals surface area contributed by atoms with Crippen LogP contribution in [0.4, 0.5) is 51.2 Å². The van der Waals surface area contributed by atoms with E-state index in [1.54, 1.807) is 0 Å². The second-order valence-electron chi connectivity index (χ2n) is 31.8. The molecule has 3 nitrogen and oxygen atoms in total. The van der Waals surface area contributed by atoms with Crippen LogP contribution in [0.5, 0.6) is 0 Å². The summed E-state index contributed by atoms with van der Waals surface area (Å²) in [5.74, 6) is 0.841. The van der Waals surface area contributed by atoms with Crippen molar-refractivity contribution in [2.45, 2.75) is 220 Å². The van der Waals surface area contributed by atoms with E-state index >= 15 is 0 Å². The third-order valence-corrected chi connectivity index (χ3v) is 22.8. The van der Waals surface area contributed by atoms with E-state index in [1.165, 1.54) is 123 Å². The topological polar surface area (TPSA) is 9.72 Å². The van der Waals surface area contributed by atoms with Crippen LogP contribution in [0, 0.1) is 0 Å². The van der Waals surface area contributed by atoms with Gasteiger partial charge < -0.3 is 14.7 Å². The molecule has 83 heavy (non-hydrogen) atoms. The Morgan fingerprint density at radius 2 is 0.855 bits per heavy atom. The maximum Gasteiger partial charge on any atom is 0.264 e. The van der Waals surface area contributed by atoms with Gasteiger partial charge in [0.15, 0.2) is 0 Å². The summed E-state index contributed by atoms with van der Waals surface area (Å²) in [4.78, 5) is 8.10. The molecule has 0 amide bonds. The highest BCUT2D eigenvalue weighted by Gasteiger charge is 2.50. The summed E-state index contributed by atoms with van der Waals surface area (Å²) in [6, 6.07) is 52.4. The second kappa shape index (κ2) is 18.7. The third kappa shape index (κ3) is 8.91. The number of fused-ring (bicyclic) bond motifs is 9. The van der Waals surface area contributed by atoms with E-state index in [0.717, 1.165) is 42.7 Å². The SMILES string of the molecule is CC(C)c1ccc(N(c2ccc(C(C)C)cc2)c2cc3c4c(c2)N(c2ccc5c(c2)C(C)(C)CCC5(C)C)c2c(sc5ccc(C(C)(C)C)cc25)B4c2cc4c(cc2N3c2ccc3c(c2)C(C)(C)CCC3(C)C)C(C)(C)CCC4(C)C)cc1. The van der Waals surface area contributed by atoms with Crippen LogP contribution in [0.15, 0.2) is 127 Å². The van der Waals surface area contributed by atoms with Crippen molar-refractivity contribution in [1.82, 2.24) is 0 Å². The minimum absolute atomic E-state index is 0.00604. The zero-order valence-electron chi connectivity index (χ0n) is 53.8. The van der Waals surface area contributed by atoms with Crippen LogP contribution in [-0.2, 0) is 37.9 Å². The number of rotatable bonds is 7. The normalized spacial score (nSPS) is 19.2. The van der Waals surface area contributed by atoms with Crippen molar-refractivity contribution in [3.63, 3.8) is 0 Å². The summed E-state index contributed by atoms with van der Waals surface area (Å²) in [5, 5.41) is 1.35. The highest BCUT2D eigenvalue weighted by Crippen LogP contribution is 2.56. The largest absolute Gasteiger partial charge is 0.311 e. The number of hydrogen-bond donors (Lipinski definition) is 0. The maximum absolute atomic E-state index is 2.77. The third-order valence-electron chi connectivity index (χ3n) is 21.6. The van der Waals surface area contributed by atoms with Gasteiger partial charge in [-0.05, 0) is 228 Å². The van der Waals surface area contributed by atoms with Gasteiger partial charge in [0.25, 0.3) is 6.71 Å². The van der Waals surface area contributed by atoms with Crippen molar-refractivity contribution in [3.05, 3.63) is 177 Å². The fraction of sp³-hybridized carbons (Fsp3) is 0.436. The Morgan fingerprint density at radius 1 is 0.434 bits per heavy atom. The molecule has 8 aromatic rings. The average Bonchev–Trinajstić information content (AvgIpc) is 1.81. The summed E-state index contributed by atoms with van der Waals surface area (Å²) in [7, 11) is 0. The van der Waals surface area contributed by atoms with Crippen LogP contribution in [-0.4, -0.2) is 6.71 Å². The molecule has 5 aliphatic rings. The zero-order valence-corrected chi connectivity index (χ0v) is 54.7. The molecule has 5 heteroatoms. The molecule has 0 saturated heterocycles. The Kier molecular flexibility index (Phi) is 12.7. The molecular formula is C78H92BN3S. The molecule has 3 heterocycles. The lowest BCUT2D eigenvalue weighted by molar-refractivity contribution is 0.332. The number of anilines is 9. The minimum Gasteiger partial charge on any atom is -0.311 e. The Bertz CT molecular complexity index is 3870. The van der Waals surface area contributed by atoms with E-state index in [-0.39, 0.29) is 44.6 Å². The molecule has 0 radical (unpaired) electrons. The molecule has 0 bridgehead atoms. The fourth-order valence-electron chi connectivity index (χ4n) is 15.6. The molecule has 0 fully saturated rings. The Morgan fingerprint density at radius 3 is 1.31 bits per heavy atom. The quantitative estimate of drug-likeness (QED) is 0.147. The highest BCUT2D eigenvalue weighted by molar-refractivity contribution is 7.33. The van der Waals surface area contributed by atoms with Crippen molar-refractivity contribution >= 4 is 95.0 Å². The zero-order chi connectivity index (χ0) is 59.0. The van der Waals surface area contributed by atoms with Crippen molar-refractivity contribution in [1.29, 1.82) is 0 Å². The van der Waals surface area contributed by atoms with E-state index < -0.39 is 0 Å². The van der Waals surface area contributed by atoms with Gasteiger partial charge in [-0.2, -0.15) is 0 Å².